The van der Waals surface area contributed by atoms with Gasteiger partial charge in [0.15, 0.2) is 4.34 Å². The Bertz CT molecular complexity index is 1080. The number of nitrogens with one attached hydrogen (secondary N) is 2. The van der Waals surface area contributed by atoms with Gasteiger partial charge in [-0.3, -0.25) is 25.1 Å². The van der Waals surface area contributed by atoms with Crippen molar-refractivity contribution < 1.29 is 19.3 Å². The average Bonchev–Trinajstić information content (AvgIpc) is 3.24. The third-order valence-electron chi connectivity index (χ3n) is 5.30. The van der Waals surface area contributed by atoms with E-state index >= 15 is 0 Å². The zero-order valence-electron chi connectivity index (χ0n) is 16.5. The number of aryl methyl sites for hydroxylation is 1. The number of amides is 4. The van der Waals surface area contributed by atoms with Gasteiger partial charge >= 0.3 is 6.03 Å². The molecule has 0 atom stereocenters. The molecule has 1 saturated carbocycles. The summed E-state index contributed by atoms with van der Waals surface area (Å²) in [5, 5.41) is 16.8. The van der Waals surface area contributed by atoms with Crippen LogP contribution in [-0.4, -0.2) is 38.3 Å². The number of benzene rings is 1. The summed E-state index contributed by atoms with van der Waals surface area (Å²) in [6.07, 6.45) is 3.68. The van der Waals surface area contributed by atoms with Crippen LogP contribution in [0.15, 0.2) is 32.8 Å². The van der Waals surface area contributed by atoms with Gasteiger partial charge in [0, 0.05) is 22.7 Å². The lowest BCUT2D eigenvalue weighted by molar-refractivity contribution is -0.387. The first-order valence-electron chi connectivity index (χ1n) is 9.65. The second-order valence-corrected chi connectivity index (χ2v) is 9.60. The van der Waals surface area contributed by atoms with E-state index in [-0.39, 0.29) is 11.3 Å². The second kappa shape index (κ2) is 8.27. The summed E-state index contributed by atoms with van der Waals surface area (Å²) in [6.45, 7) is 1.83. The minimum Gasteiger partial charge on any atom is -0.322 e. The molecule has 4 rings (SSSR count). The SMILES string of the molecule is Cc1csc(Sc2ccc(C(=O)NN3C(=O)NC4(CCCCC4)C3=O)cc2[N+](=O)[O-])n1. The molecule has 1 aromatic carbocycles. The highest BCUT2D eigenvalue weighted by molar-refractivity contribution is 8.01. The molecule has 12 heteroatoms. The van der Waals surface area contributed by atoms with Crippen molar-refractivity contribution in [3.05, 3.63) is 45.0 Å². The highest BCUT2D eigenvalue weighted by Crippen LogP contribution is 2.37. The normalized spacial score (nSPS) is 17.6. The number of rotatable bonds is 5. The number of aromatic nitrogens is 1. The van der Waals surface area contributed by atoms with Gasteiger partial charge in [0.2, 0.25) is 0 Å². The van der Waals surface area contributed by atoms with Crippen LogP contribution in [-0.2, 0) is 4.79 Å². The number of carbonyl (C=O) groups is 3. The van der Waals surface area contributed by atoms with E-state index in [2.05, 4.69) is 15.7 Å². The fourth-order valence-electron chi connectivity index (χ4n) is 3.74. The highest BCUT2D eigenvalue weighted by atomic mass is 32.2. The lowest BCUT2D eigenvalue weighted by Crippen LogP contribution is -2.50. The van der Waals surface area contributed by atoms with E-state index in [1.807, 2.05) is 12.3 Å². The molecule has 4 amide bonds. The van der Waals surface area contributed by atoms with Crippen molar-refractivity contribution >= 4 is 46.6 Å². The van der Waals surface area contributed by atoms with Gasteiger partial charge in [-0.05, 0) is 31.9 Å². The lowest BCUT2D eigenvalue weighted by atomic mass is 9.82. The zero-order valence-corrected chi connectivity index (χ0v) is 18.2. The summed E-state index contributed by atoms with van der Waals surface area (Å²) in [4.78, 5) is 53.4. The molecule has 0 radical (unpaired) electrons. The largest absolute Gasteiger partial charge is 0.344 e. The number of nitrogens with zero attached hydrogens (tertiary/aromatic N) is 3. The molecule has 2 N–H and O–H groups in total. The van der Waals surface area contributed by atoms with E-state index in [1.54, 1.807) is 0 Å². The fourth-order valence-corrected chi connectivity index (χ4v) is 5.62. The zero-order chi connectivity index (χ0) is 22.2. The van der Waals surface area contributed by atoms with Crippen molar-refractivity contribution in [1.29, 1.82) is 0 Å². The predicted molar refractivity (Wildman–Crippen MR) is 113 cm³/mol. The van der Waals surface area contributed by atoms with Crippen molar-refractivity contribution in [3.63, 3.8) is 0 Å². The smallest absolute Gasteiger partial charge is 0.322 e. The van der Waals surface area contributed by atoms with E-state index in [1.165, 1.54) is 23.5 Å². The Balaban J connectivity index is 1.53. The van der Waals surface area contributed by atoms with Crippen LogP contribution in [0.4, 0.5) is 10.5 Å². The lowest BCUT2D eigenvalue weighted by Gasteiger charge is -2.30. The molecule has 1 aliphatic heterocycles. The van der Waals surface area contributed by atoms with Gasteiger partial charge in [-0.2, -0.15) is 5.01 Å². The molecule has 2 aliphatic rings. The Hall–Kier alpha value is -2.99. The van der Waals surface area contributed by atoms with E-state index in [4.69, 9.17) is 0 Å². The van der Waals surface area contributed by atoms with Crippen LogP contribution < -0.4 is 10.7 Å². The average molecular weight is 462 g/mol. The molecule has 31 heavy (non-hydrogen) atoms. The molecule has 2 aromatic rings. The molecule has 10 nitrogen and oxygen atoms in total. The summed E-state index contributed by atoms with van der Waals surface area (Å²) >= 11 is 2.51. The van der Waals surface area contributed by atoms with Crippen LogP contribution in [0, 0.1) is 17.0 Å². The van der Waals surface area contributed by atoms with Crippen molar-refractivity contribution in [2.45, 2.75) is 53.8 Å². The number of hydrogen-bond donors (Lipinski definition) is 2. The predicted octanol–water partition coefficient (Wildman–Crippen LogP) is 3.41. The third kappa shape index (κ3) is 4.12. The number of hydrazine groups is 1. The quantitative estimate of drug-likeness (QED) is 0.396. The number of carbonyl (C=O) groups excluding carboxylic acids is 3. The minimum absolute atomic E-state index is 0.0310. The van der Waals surface area contributed by atoms with E-state index in [9.17, 15) is 24.5 Å². The van der Waals surface area contributed by atoms with Crippen molar-refractivity contribution in [3.8, 4) is 0 Å². The Morgan fingerprint density at radius 3 is 2.71 bits per heavy atom. The van der Waals surface area contributed by atoms with Crippen LogP contribution >= 0.6 is 23.1 Å². The Labute approximate surface area is 185 Å². The first-order valence-corrected chi connectivity index (χ1v) is 11.3. The van der Waals surface area contributed by atoms with E-state index < -0.39 is 28.3 Å². The molecule has 2 fully saturated rings. The van der Waals surface area contributed by atoms with Gasteiger partial charge < -0.3 is 5.32 Å². The molecule has 1 saturated heterocycles. The second-order valence-electron chi connectivity index (χ2n) is 7.45. The molecule has 1 aliphatic carbocycles. The van der Waals surface area contributed by atoms with Gasteiger partial charge in [0.25, 0.3) is 17.5 Å². The summed E-state index contributed by atoms with van der Waals surface area (Å²) < 4.78 is 0.648. The van der Waals surface area contributed by atoms with Crippen LogP contribution in [0.25, 0.3) is 0 Å². The number of urea groups is 1. The van der Waals surface area contributed by atoms with Crippen LogP contribution in [0.1, 0.15) is 48.2 Å². The van der Waals surface area contributed by atoms with Crippen molar-refractivity contribution in [2.75, 3.05) is 0 Å². The van der Waals surface area contributed by atoms with Crippen molar-refractivity contribution in [2.24, 2.45) is 0 Å². The van der Waals surface area contributed by atoms with Crippen molar-refractivity contribution in [1.82, 2.24) is 20.7 Å². The first kappa shape index (κ1) is 21.2. The van der Waals surface area contributed by atoms with Gasteiger partial charge in [-0.15, -0.1) is 11.3 Å². The molecule has 1 aromatic heterocycles. The molecule has 0 unspecified atom stereocenters. The van der Waals surface area contributed by atoms with Gasteiger partial charge in [-0.1, -0.05) is 31.0 Å². The van der Waals surface area contributed by atoms with E-state index in [0.29, 0.717) is 27.1 Å². The minimum atomic E-state index is -0.971. The molecular weight excluding hydrogens is 442 g/mol. The molecule has 0 bridgehead atoms. The van der Waals surface area contributed by atoms with Crippen LogP contribution in [0.5, 0.6) is 0 Å². The van der Waals surface area contributed by atoms with Gasteiger partial charge in [-0.25, -0.2) is 9.78 Å². The molecule has 1 spiro atoms. The standard InChI is InChI=1S/C19H19N5O5S2/c1-11-10-30-18(20-11)31-14-6-5-12(9-13(14)24(28)29)15(25)22-23-16(26)19(21-17(23)27)7-3-2-4-8-19/h5-6,9-10H,2-4,7-8H2,1H3,(H,21,27)(H,22,25). The maximum absolute atomic E-state index is 12.8. The molecule has 162 valence electrons. The fraction of sp³-hybridized carbons (Fsp3) is 0.368. The van der Waals surface area contributed by atoms with Gasteiger partial charge in [0.05, 0.1) is 9.82 Å². The number of imide groups is 1. The molecule has 2 heterocycles. The third-order valence-corrected chi connectivity index (χ3v) is 7.42. The first-order chi connectivity index (χ1) is 14.8. The monoisotopic (exact) mass is 461 g/mol. The topological polar surface area (TPSA) is 135 Å². The Morgan fingerprint density at radius 1 is 1.32 bits per heavy atom. The number of nitro benzene ring substituents is 1. The Morgan fingerprint density at radius 2 is 2.06 bits per heavy atom. The van der Waals surface area contributed by atoms with E-state index in [0.717, 1.165) is 42.8 Å². The van der Waals surface area contributed by atoms with Gasteiger partial charge in [0.1, 0.15) is 5.54 Å². The highest BCUT2D eigenvalue weighted by Gasteiger charge is 2.52. The number of hydrogen-bond acceptors (Lipinski definition) is 8. The number of thiazole rings is 1. The number of nitro groups is 1. The summed E-state index contributed by atoms with van der Waals surface area (Å²) in [6, 6.07) is 3.32. The summed E-state index contributed by atoms with van der Waals surface area (Å²) in [5.41, 5.74) is 1.85. The maximum Gasteiger partial charge on any atom is 0.344 e. The van der Waals surface area contributed by atoms with Crippen LogP contribution in [0.3, 0.4) is 0 Å². The summed E-state index contributed by atoms with van der Waals surface area (Å²) in [7, 11) is 0. The summed E-state index contributed by atoms with van der Waals surface area (Å²) in [5.74, 6) is -1.27. The maximum atomic E-state index is 12.8. The van der Waals surface area contributed by atoms with Crippen LogP contribution in [0.2, 0.25) is 0 Å². The molecular formula is C19H19N5O5S2. The Kier molecular flexibility index (Phi) is 5.67.